The molecule has 0 spiro atoms. The molecule has 3 rings (SSSR count). The van der Waals surface area contributed by atoms with Crippen LogP contribution in [0.2, 0.25) is 0 Å². The highest BCUT2D eigenvalue weighted by Gasteiger charge is 2.23. The fourth-order valence-corrected chi connectivity index (χ4v) is 3.12. The van der Waals surface area contributed by atoms with Crippen LogP contribution in [0.25, 0.3) is 0 Å². The number of hydrogen-bond acceptors (Lipinski definition) is 4. The predicted octanol–water partition coefficient (Wildman–Crippen LogP) is 2.83. The number of halogens is 1. The van der Waals surface area contributed by atoms with Gasteiger partial charge < -0.3 is 15.1 Å². The average molecular weight is 390 g/mol. The Hall–Kier alpha value is -2.15. The van der Waals surface area contributed by atoms with E-state index in [1.165, 1.54) is 0 Å². The van der Waals surface area contributed by atoms with Gasteiger partial charge in [-0.3, -0.25) is 0 Å². The normalized spacial score (nSPS) is 15.9. The number of aromatic nitrogens is 2. The van der Waals surface area contributed by atoms with Crippen molar-refractivity contribution < 1.29 is 4.79 Å². The van der Waals surface area contributed by atoms with Gasteiger partial charge in [-0.15, -0.1) is 0 Å². The lowest BCUT2D eigenvalue weighted by molar-refractivity contribution is 0.191. The maximum Gasteiger partial charge on any atom is 0.317 e. The summed E-state index contributed by atoms with van der Waals surface area (Å²) < 4.78 is 1.01. The van der Waals surface area contributed by atoms with Crippen LogP contribution >= 0.6 is 15.9 Å². The first-order valence-electron chi connectivity index (χ1n) is 7.96. The summed E-state index contributed by atoms with van der Waals surface area (Å²) >= 11 is 3.46. The second-order valence-corrected chi connectivity index (χ2v) is 6.66. The van der Waals surface area contributed by atoms with E-state index in [4.69, 9.17) is 0 Å². The van der Waals surface area contributed by atoms with Crippen LogP contribution in [0.3, 0.4) is 0 Å². The summed E-state index contributed by atoms with van der Waals surface area (Å²) in [5.74, 6) is 0.722. The van der Waals surface area contributed by atoms with Gasteiger partial charge in [-0.05, 0) is 30.7 Å². The number of nitrogens with one attached hydrogen (secondary N) is 1. The van der Waals surface area contributed by atoms with Gasteiger partial charge in [-0.2, -0.15) is 0 Å². The van der Waals surface area contributed by atoms with Crippen LogP contribution in [0.15, 0.2) is 47.2 Å². The highest BCUT2D eigenvalue weighted by Crippen LogP contribution is 2.18. The largest absolute Gasteiger partial charge is 0.337 e. The van der Waals surface area contributed by atoms with Crippen molar-refractivity contribution in [2.45, 2.75) is 13.0 Å². The smallest absolute Gasteiger partial charge is 0.317 e. The number of carbonyl (C=O) groups excluding carboxylic acids is 1. The standard InChI is InChI=1S/C17H20BrN5O/c1-13(14-4-2-5-15(18)12-14)21-17(24)23-10-8-22(9-11-23)16-19-6-3-7-20-16/h2-7,12-13H,8-11H2,1H3,(H,21,24)/t13-/m0/s1. The number of anilines is 1. The minimum Gasteiger partial charge on any atom is -0.337 e. The molecule has 1 aliphatic heterocycles. The number of urea groups is 1. The Morgan fingerprint density at radius 1 is 1.17 bits per heavy atom. The first-order chi connectivity index (χ1) is 11.6. The Morgan fingerprint density at radius 2 is 1.88 bits per heavy atom. The van der Waals surface area contributed by atoms with Gasteiger partial charge in [0.25, 0.3) is 0 Å². The van der Waals surface area contributed by atoms with Crippen molar-refractivity contribution in [1.29, 1.82) is 0 Å². The maximum atomic E-state index is 12.5. The summed E-state index contributed by atoms with van der Waals surface area (Å²) in [4.78, 5) is 24.9. The number of rotatable bonds is 3. The number of piperazine rings is 1. The third kappa shape index (κ3) is 4.03. The van der Waals surface area contributed by atoms with Crippen LogP contribution in [0, 0.1) is 0 Å². The first kappa shape index (κ1) is 16.7. The highest BCUT2D eigenvalue weighted by molar-refractivity contribution is 9.10. The fourth-order valence-electron chi connectivity index (χ4n) is 2.70. The zero-order valence-corrected chi connectivity index (χ0v) is 15.1. The van der Waals surface area contributed by atoms with E-state index in [1.807, 2.05) is 36.1 Å². The minimum atomic E-state index is -0.0366. The molecule has 2 amide bonds. The van der Waals surface area contributed by atoms with E-state index >= 15 is 0 Å². The van der Waals surface area contributed by atoms with Crippen molar-refractivity contribution in [3.8, 4) is 0 Å². The molecule has 1 saturated heterocycles. The molecule has 7 heteroatoms. The maximum absolute atomic E-state index is 12.5. The van der Waals surface area contributed by atoms with E-state index in [9.17, 15) is 4.79 Å². The molecule has 0 bridgehead atoms. The Balaban J connectivity index is 1.54. The summed E-state index contributed by atoms with van der Waals surface area (Å²) in [5, 5.41) is 3.06. The third-order valence-electron chi connectivity index (χ3n) is 4.09. The van der Waals surface area contributed by atoms with E-state index in [-0.39, 0.29) is 12.1 Å². The quantitative estimate of drug-likeness (QED) is 0.876. The first-order valence-corrected chi connectivity index (χ1v) is 8.75. The molecule has 2 aromatic rings. The second kappa shape index (κ2) is 7.61. The SMILES string of the molecule is C[C@H](NC(=O)N1CCN(c2ncccn2)CC1)c1cccc(Br)c1. The number of amides is 2. The molecule has 2 heterocycles. The van der Waals surface area contributed by atoms with E-state index in [0.29, 0.717) is 13.1 Å². The zero-order chi connectivity index (χ0) is 16.9. The van der Waals surface area contributed by atoms with Crippen molar-refractivity contribution in [3.63, 3.8) is 0 Å². The Morgan fingerprint density at radius 3 is 2.54 bits per heavy atom. The van der Waals surface area contributed by atoms with Gasteiger partial charge in [0.2, 0.25) is 5.95 Å². The van der Waals surface area contributed by atoms with Gasteiger partial charge >= 0.3 is 6.03 Å². The summed E-state index contributed by atoms with van der Waals surface area (Å²) in [5.41, 5.74) is 1.08. The van der Waals surface area contributed by atoms with Crippen LogP contribution in [0.1, 0.15) is 18.5 Å². The average Bonchev–Trinajstić information content (AvgIpc) is 2.62. The lowest BCUT2D eigenvalue weighted by atomic mass is 10.1. The molecule has 1 aromatic carbocycles. The molecule has 1 fully saturated rings. The van der Waals surface area contributed by atoms with Crippen molar-refractivity contribution in [3.05, 3.63) is 52.8 Å². The van der Waals surface area contributed by atoms with Crippen LogP contribution in [-0.4, -0.2) is 47.1 Å². The van der Waals surface area contributed by atoms with Crippen LogP contribution in [-0.2, 0) is 0 Å². The van der Waals surface area contributed by atoms with Crippen LogP contribution in [0.5, 0.6) is 0 Å². The zero-order valence-electron chi connectivity index (χ0n) is 13.5. The van der Waals surface area contributed by atoms with Crippen molar-refractivity contribution in [2.24, 2.45) is 0 Å². The topological polar surface area (TPSA) is 61.4 Å². The molecule has 1 aliphatic rings. The lowest BCUT2D eigenvalue weighted by Crippen LogP contribution is -2.52. The molecule has 0 radical (unpaired) electrons. The molecule has 1 N–H and O–H groups in total. The van der Waals surface area contributed by atoms with E-state index in [0.717, 1.165) is 29.1 Å². The Labute approximate surface area is 150 Å². The van der Waals surface area contributed by atoms with Crippen molar-refractivity contribution in [1.82, 2.24) is 20.2 Å². The minimum absolute atomic E-state index is 0.0314. The Kier molecular flexibility index (Phi) is 5.30. The van der Waals surface area contributed by atoms with Crippen LogP contribution < -0.4 is 10.2 Å². The lowest BCUT2D eigenvalue weighted by Gasteiger charge is -2.35. The van der Waals surface area contributed by atoms with E-state index < -0.39 is 0 Å². The number of hydrogen-bond donors (Lipinski definition) is 1. The van der Waals surface area contributed by atoms with Gasteiger partial charge in [0, 0.05) is 43.0 Å². The third-order valence-corrected chi connectivity index (χ3v) is 4.58. The predicted molar refractivity (Wildman–Crippen MR) is 96.9 cm³/mol. The molecule has 126 valence electrons. The molecule has 0 saturated carbocycles. The summed E-state index contributed by atoms with van der Waals surface area (Å²) in [7, 11) is 0. The molecule has 6 nitrogen and oxygen atoms in total. The number of benzene rings is 1. The molecule has 24 heavy (non-hydrogen) atoms. The number of carbonyl (C=O) groups is 1. The highest BCUT2D eigenvalue weighted by atomic mass is 79.9. The molecule has 0 unspecified atom stereocenters. The van der Waals surface area contributed by atoms with Crippen molar-refractivity contribution >= 4 is 27.9 Å². The van der Waals surface area contributed by atoms with Gasteiger partial charge in [-0.1, -0.05) is 28.1 Å². The van der Waals surface area contributed by atoms with E-state index in [1.54, 1.807) is 18.5 Å². The van der Waals surface area contributed by atoms with Crippen LogP contribution in [0.4, 0.5) is 10.7 Å². The van der Waals surface area contributed by atoms with Crippen molar-refractivity contribution in [2.75, 3.05) is 31.1 Å². The van der Waals surface area contributed by atoms with E-state index in [2.05, 4.69) is 36.1 Å². The Bertz CT molecular complexity index is 688. The summed E-state index contributed by atoms with van der Waals surface area (Å²) in [6.07, 6.45) is 3.47. The summed E-state index contributed by atoms with van der Waals surface area (Å²) in [6.45, 7) is 4.80. The van der Waals surface area contributed by atoms with Gasteiger partial charge in [-0.25, -0.2) is 14.8 Å². The molecule has 0 aliphatic carbocycles. The van der Waals surface area contributed by atoms with Gasteiger partial charge in [0.1, 0.15) is 0 Å². The van der Waals surface area contributed by atoms with Gasteiger partial charge in [0.05, 0.1) is 6.04 Å². The molecular weight excluding hydrogens is 370 g/mol. The molecule has 1 atom stereocenters. The summed E-state index contributed by atoms with van der Waals surface area (Å²) in [6, 6.07) is 9.72. The fraction of sp³-hybridized carbons (Fsp3) is 0.353. The molecular formula is C17H20BrN5O. The second-order valence-electron chi connectivity index (χ2n) is 5.75. The number of nitrogens with zero attached hydrogens (tertiary/aromatic N) is 4. The monoisotopic (exact) mass is 389 g/mol. The van der Waals surface area contributed by atoms with Gasteiger partial charge in [0.15, 0.2) is 0 Å². The molecule has 1 aromatic heterocycles.